The maximum absolute atomic E-state index is 12.8. The third-order valence-corrected chi connectivity index (χ3v) is 6.94. The molecule has 0 spiro atoms. The van der Waals surface area contributed by atoms with Crippen LogP contribution in [0.4, 0.5) is 5.69 Å². The van der Waals surface area contributed by atoms with Crippen molar-refractivity contribution in [1.82, 2.24) is 15.0 Å². The lowest BCUT2D eigenvalue weighted by Gasteiger charge is -2.26. The molecule has 2 aliphatic rings. The summed E-state index contributed by atoms with van der Waals surface area (Å²) in [4.78, 5) is 19.7. The van der Waals surface area contributed by atoms with E-state index in [-0.39, 0.29) is 5.91 Å². The van der Waals surface area contributed by atoms with Crippen molar-refractivity contribution in [2.24, 2.45) is 0 Å². The predicted molar refractivity (Wildman–Crippen MR) is 123 cm³/mol. The number of aromatic nitrogens is 2. The van der Waals surface area contributed by atoms with E-state index in [0.717, 1.165) is 49.6 Å². The Hall–Kier alpha value is -2.64. The largest absolute Gasteiger partial charge is 0.339 e. The minimum atomic E-state index is -0.101. The van der Waals surface area contributed by atoms with Gasteiger partial charge in [-0.25, -0.2) is 0 Å². The number of hydrogen-bond acceptors (Lipinski definition) is 6. The van der Waals surface area contributed by atoms with Gasteiger partial charge in [0, 0.05) is 53.9 Å². The van der Waals surface area contributed by atoms with E-state index in [0.29, 0.717) is 17.3 Å². The van der Waals surface area contributed by atoms with E-state index in [1.54, 1.807) is 0 Å². The minimum absolute atomic E-state index is 0.101. The van der Waals surface area contributed by atoms with Crippen LogP contribution in [0.1, 0.15) is 47.0 Å². The van der Waals surface area contributed by atoms with E-state index in [1.165, 1.54) is 23.5 Å². The summed E-state index contributed by atoms with van der Waals surface area (Å²) in [5.41, 5.74) is 3.48. The van der Waals surface area contributed by atoms with Crippen LogP contribution in [-0.2, 0) is 6.54 Å². The molecular formula is C24H26N4O2S. The van der Waals surface area contributed by atoms with Crippen LogP contribution >= 0.6 is 11.8 Å². The average molecular weight is 435 g/mol. The van der Waals surface area contributed by atoms with Crippen molar-refractivity contribution in [2.75, 3.05) is 29.9 Å². The van der Waals surface area contributed by atoms with Crippen LogP contribution in [0, 0.1) is 0 Å². The van der Waals surface area contributed by atoms with Gasteiger partial charge in [-0.1, -0.05) is 23.7 Å². The number of carbonyl (C=O) groups excluding carboxylic acids is 1. The summed E-state index contributed by atoms with van der Waals surface area (Å²) in [5, 5.41) is 7.10. The molecule has 1 saturated heterocycles. The van der Waals surface area contributed by atoms with Gasteiger partial charge in [0.15, 0.2) is 0 Å². The van der Waals surface area contributed by atoms with Gasteiger partial charge in [-0.05, 0) is 54.8 Å². The second-order valence-corrected chi connectivity index (χ2v) is 9.43. The van der Waals surface area contributed by atoms with Gasteiger partial charge in [0.1, 0.15) is 0 Å². The average Bonchev–Trinajstić information content (AvgIpc) is 3.23. The molecule has 1 aliphatic carbocycles. The summed E-state index contributed by atoms with van der Waals surface area (Å²) < 4.78 is 5.41. The molecule has 3 aromatic rings. The van der Waals surface area contributed by atoms with Crippen LogP contribution in [-0.4, -0.2) is 45.5 Å². The van der Waals surface area contributed by atoms with Crippen molar-refractivity contribution in [3.63, 3.8) is 0 Å². The normalized spacial score (nSPS) is 17.3. The van der Waals surface area contributed by atoms with Gasteiger partial charge in [-0.2, -0.15) is 16.7 Å². The molecule has 1 aliphatic heterocycles. The topological polar surface area (TPSA) is 71.3 Å². The molecule has 2 fully saturated rings. The highest BCUT2D eigenvalue weighted by Crippen LogP contribution is 2.36. The highest BCUT2D eigenvalue weighted by molar-refractivity contribution is 7.99. The van der Waals surface area contributed by atoms with Gasteiger partial charge in [0.2, 0.25) is 11.7 Å². The molecule has 1 amide bonds. The first kappa shape index (κ1) is 20.3. The zero-order valence-electron chi connectivity index (χ0n) is 17.4. The van der Waals surface area contributed by atoms with Gasteiger partial charge in [-0.15, -0.1) is 0 Å². The molecule has 160 valence electrons. The standard InChI is InChI=1S/C24H26N4O2S/c29-23(20-6-1-3-17(15-20)16-28-11-13-31-14-12-28)25-21-9-7-18(8-10-21)22-26-24(30-27-22)19-4-2-5-19/h1,3,6-10,15,19H,2,4-5,11-14,16H2,(H,25,29). The Labute approximate surface area is 186 Å². The number of nitrogens with zero attached hydrogens (tertiary/aromatic N) is 3. The first-order chi connectivity index (χ1) is 15.2. The van der Waals surface area contributed by atoms with E-state index in [4.69, 9.17) is 4.52 Å². The number of carbonyl (C=O) groups is 1. The number of benzene rings is 2. The molecule has 0 unspecified atom stereocenters. The fourth-order valence-corrected chi connectivity index (χ4v) is 4.89. The zero-order chi connectivity index (χ0) is 21.0. The molecule has 2 heterocycles. The maximum Gasteiger partial charge on any atom is 0.255 e. The van der Waals surface area contributed by atoms with Crippen molar-refractivity contribution in [3.8, 4) is 11.4 Å². The summed E-state index contributed by atoms with van der Waals surface area (Å²) in [6.07, 6.45) is 3.49. The highest BCUT2D eigenvalue weighted by Gasteiger charge is 2.25. The second-order valence-electron chi connectivity index (χ2n) is 8.20. The van der Waals surface area contributed by atoms with E-state index in [1.807, 2.05) is 54.2 Å². The Morgan fingerprint density at radius 2 is 1.94 bits per heavy atom. The lowest BCUT2D eigenvalue weighted by atomic mass is 9.85. The number of amides is 1. The Kier molecular flexibility index (Phi) is 6.04. The van der Waals surface area contributed by atoms with Gasteiger partial charge in [0.05, 0.1) is 0 Å². The molecule has 0 bridgehead atoms. The fourth-order valence-electron chi connectivity index (χ4n) is 3.91. The van der Waals surface area contributed by atoms with Crippen LogP contribution in [0.5, 0.6) is 0 Å². The van der Waals surface area contributed by atoms with Crippen molar-refractivity contribution in [2.45, 2.75) is 31.7 Å². The van der Waals surface area contributed by atoms with Crippen LogP contribution in [0.2, 0.25) is 0 Å². The molecule has 1 saturated carbocycles. The van der Waals surface area contributed by atoms with E-state index >= 15 is 0 Å². The van der Waals surface area contributed by atoms with E-state index < -0.39 is 0 Å². The first-order valence-corrected chi connectivity index (χ1v) is 12.0. The lowest BCUT2D eigenvalue weighted by molar-refractivity contribution is 0.102. The molecule has 31 heavy (non-hydrogen) atoms. The number of thioether (sulfide) groups is 1. The van der Waals surface area contributed by atoms with Crippen LogP contribution in [0.15, 0.2) is 53.1 Å². The molecule has 6 nitrogen and oxygen atoms in total. The van der Waals surface area contributed by atoms with Crippen LogP contribution in [0.25, 0.3) is 11.4 Å². The molecule has 1 N–H and O–H groups in total. The van der Waals surface area contributed by atoms with Crippen LogP contribution < -0.4 is 5.32 Å². The highest BCUT2D eigenvalue weighted by atomic mass is 32.2. The molecule has 5 rings (SSSR count). The summed E-state index contributed by atoms with van der Waals surface area (Å²) >= 11 is 2.01. The van der Waals surface area contributed by atoms with Crippen molar-refractivity contribution >= 4 is 23.4 Å². The van der Waals surface area contributed by atoms with Gasteiger partial charge in [-0.3, -0.25) is 9.69 Å². The number of anilines is 1. The van der Waals surface area contributed by atoms with E-state index in [2.05, 4.69) is 26.4 Å². The van der Waals surface area contributed by atoms with Gasteiger partial charge < -0.3 is 9.84 Å². The molecule has 7 heteroatoms. The molecule has 0 atom stereocenters. The number of hydrogen-bond donors (Lipinski definition) is 1. The lowest BCUT2D eigenvalue weighted by Crippen LogP contribution is -2.32. The van der Waals surface area contributed by atoms with Crippen LogP contribution in [0.3, 0.4) is 0 Å². The molecule has 2 aromatic carbocycles. The molecule has 1 aromatic heterocycles. The fraction of sp³-hybridized carbons (Fsp3) is 0.375. The third-order valence-electron chi connectivity index (χ3n) is 6.00. The second kappa shape index (κ2) is 9.24. The molecule has 0 radical (unpaired) electrons. The Morgan fingerprint density at radius 1 is 1.13 bits per heavy atom. The van der Waals surface area contributed by atoms with Gasteiger partial charge >= 0.3 is 0 Å². The monoisotopic (exact) mass is 434 g/mol. The van der Waals surface area contributed by atoms with Crippen molar-refractivity contribution in [1.29, 1.82) is 0 Å². The van der Waals surface area contributed by atoms with Gasteiger partial charge in [0.25, 0.3) is 5.91 Å². The SMILES string of the molecule is O=C(Nc1ccc(-c2noc(C3CCC3)n2)cc1)c1cccc(CN2CCSCC2)c1. The van der Waals surface area contributed by atoms with E-state index in [9.17, 15) is 4.79 Å². The smallest absolute Gasteiger partial charge is 0.255 e. The maximum atomic E-state index is 12.8. The summed E-state index contributed by atoms with van der Waals surface area (Å²) in [6.45, 7) is 3.11. The quantitative estimate of drug-likeness (QED) is 0.601. The Morgan fingerprint density at radius 3 is 2.68 bits per heavy atom. The summed E-state index contributed by atoms with van der Waals surface area (Å²) in [7, 11) is 0. The predicted octanol–water partition coefficient (Wildman–Crippen LogP) is 4.81. The Bertz CT molecular complexity index is 1040. The van der Waals surface area contributed by atoms with Crippen molar-refractivity contribution in [3.05, 3.63) is 65.5 Å². The third kappa shape index (κ3) is 4.83. The first-order valence-electron chi connectivity index (χ1n) is 10.9. The molecular weight excluding hydrogens is 408 g/mol. The summed E-state index contributed by atoms with van der Waals surface area (Å²) in [5.74, 6) is 4.02. The minimum Gasteiger partial charge on any atom is -0.339 e. The van der Waals surface area contributed by atoms with Crippen molar-refractivity contribution < 1.29 is 9.32 Å². The zero-order valence-corrected chi connectivity index (χ0v) is 18.2. The summed E-state index contributed by atoms with van der Waals surface area (Å²) in [6, 6.07) is 15.5. The number of rotatable bonds is 6. The Balaban J connectivity index is 1.22. The number of nitrogens with one attached hydrogen (secondary N) is 1.